The van der Waals surface area contributed by atoms with Crippen molar-refractivity contribution in [2.45, 2.75) is 26.8 Å². The lowest BCUT2D eigenvalue weighted by molar-refractivity contribution is -0.142. The minimum absolute atomic E-state index is 0.168. The second-order valence-electron chi connectivity index (χ2n) is 4.57. The van der Waals surface area contributed by atoms with Crippen molar-refractivity contribution in [1.29, 1.82) is 0 Å². The predicted octanol–water partition coefficient (Wildman–Crippen LogP) is 1.07. The lowest BCUT2D eigenvalue weighted by Gasteiger charge is -2.38. The predicted molar refractivity (Wildman–Crippen MR) is 58.5 cm³/mol. The highest BCUT2D eigenvalue weighted by Gasteiger charge is 2.34. The van der Waals surface area contributed by atoms with Gasteiger partial charge in [-0.05, 0) is 20.8 Å². The largest absolute Gasteiger partial charge is 0.337 e. The summed E-state index contributed by atoms with van der Waals surface area (Å²) in [4.78, 5) is 14.0. The summed E-state index contributed by atoms with van der Waals surface area (Å²) in [7, 11) is 0. The highest BCUT2D eigenvalue weighted by atomic mass is 35.5. The molecule has 0 aromatic carbocycles. The van der Waals surface area contributed by atoms with E-state index in [4.69, 9.17) is 11.6 Å². The number of nitrogens with one attached hydrogen (secondary N) is 1. The molecule has 0 aromatic rings. The van der Waals surface area contributed by atoms with E-state index in [0.717, 1.165) is 19.6 Å². The number of nitrogens with zero attached hydrogens (tertiary/aromatic N) is 1. The maximum Gasteiger partial charge on any atom is 0.229 e. The third-order valence-corrected chi connectivity index (χ3v) is 3.34. The van der Waals surface area contributed by atoms with Crippen LogP contribution >= 0.6 is 11.6 Å². The van der Waals surface area contributed by atoms with Crippen LogP contribution in [-0.2, 0) is 4.79 Å². The number of rotatable bonds is 2. The van der Waals surface area contributed by atoms with E-state index in [2.05, 4.69) is 12.2 Å². The zero-order chi connectivity index (χ0) is 10.8. The first-order valence-electron chi connectivity index (χ1n) is 5.07. The average molecular weight is 219 g/mol. The molecule has 1 heterocycles. The molecule has 82 valence electrons. The average Bonchev–Trinajstić information content (AvgIpc) is 2.17. The second kappa shape index (κ2) is 4.49. The maximum absolute atomic E-state index is 12.1. The number of piperazine rings is 1. The molecule has 0 aliphatic carbocycles. The van der Waals surface area contributed by atoms with Gasteiger partial charge in [0.25, 0.3) is 0 Å². The van der Waals surface area contributed by atoms with Crippen LogP contribution in [0.1, 0.15) is 20.8 Å². The zero-order valence-electron chi connectivity index (χ0n) is 9.14. The monoisotopic (exact) mass is 218 g/mol. The van der Waals surface area contributed by atoms with Crippen molar-refractivity contribution in [1.82, 2.24) is 10.2 Å². The van der Waals surface area contributed by atoms with Crippen LogP contribution in [0.25, 0.3) is 0 Å². The van der Waals surface area contributed by atoms with Gasteiger partial charge in [-0.25, -0.2) is 0 Å². The quantitative estimate of drug-likeness (QED) is 0.704. The molecule has 1 atom stereocenters. The first-order valence-corrected chi connectivity index (χ1v) is 5.60. The summed E-state index contributed by atoms with van der Waals surface area (Å²) in [6, 6.07) is 0.277. The van der Waals surface area contributed by atoms with Crippen LogP contribution in [0.5, 0.6) is 0 Å². The van der Waals surface area contributed by atoms with Gasteiger partial charge in [0, 0.05) is 31.6 Å². The Labute approximate surface area is 90.8 Å². The third kappa shape index (κ3) is 2.39. The van der Waals surface area contributed by atoms with Gasteiger partial charge in [0.05, 0.1) is 5.41 Å². The van der Waals surface area contributed by atoms with Crippen molar-refractivity contribution in [2.24, 2.45) is 5.41 Å². The first kappa shape index (κ1) is 11.8. The normalized spacial score (nSPS) is 23.7. The van der Waals surface area contributed by atoms with Crippen molar-refractivity contribution in [3.63, 3.8) is 0 Å². The molecule has 1 aliphatic rings. The smallest absolute Gasteiger partial charge is 0.229 e. The van der Waals surface area contributed by atoms with Crippen LogP contribution in [0, 0.1) is 5.41 Å². The van der Waals surface area contributed by atoms with Crippen molar-refractivity contribution in [2.75, 3.05) is 25.5 Å². The number of halogens is 1. The fourth-order valence-electron chi connectivity index (χ4n) is 1.59. The number of hydrogen-bond donors (Lipinski definition) is 1. The van der Waals surface area contributed by atoms with E-state index in [9.17, 15) is 4.79 Å². The minimum atomic E-state index is -0.437. The van der Waals surface area contributed by atoms with Crippen molar-refractivity contribution < 1.29 is 4.79 Å². The molecule has 4 heteroatoms. The third-order valence-electron chi connectivity index (χ3n) is 2.68. The molecule has 3 nitrogen and oxygen atoms in total. The Kier molecular flexibility index (Phi) is 3.78. The molecule has 1 saturated heterocycles. The van der Waals surface area contributed by atoms with Gasteiger partial charge in [0.15, 0.2) is 0 Å². The summed E-state index contributed by atoms with van der Waals surface area (Å²) in [6.07, 6.45) is 0. The summed E-state index contributed by atoms with van der Waals surface area (Å²) >= 11 is 5.79. The van der Waals surface area contributed by atoms with Crippen LogP contribution in [0.4, 0.5) is 0 Å². The maximum atomic E-state index is 12.1. The lowest BCUT2D eigenvalue weighted by Crippen LogP contribution is -2.55. The van der Waals surface area contributed by atoms with Gasteiger partial charge in [-0.15, -0.1) is 11.6 Å². The molecular weight excluding hydrogens is 200 g/mol. The van der Waals surface area contributed by atoms with Crippen molar-refractivity contribution in [3.05, 3.63) is 0 Å². The summed E-state index contributed by atoms with van der Waals surface area (Å²) in [5, 5.41) is 3.26. The van der Waals surface area contributed by atoms with Crippen LogP contribution in [0.2, 0.25) is 0 Å². The molecule has 1 unspecified atom stereocenters. The van der Waals surface area contributed by atoms with E-state index >= 15 is 0 Å². The zero-order valence-corrected chi connectivity index (χ0v) is 9.90. The molecular formula is C10H19ClN2O. The summed E-state index contributed by atoms with van der Waals surface area (Å²) < 4.78 is 0. The van der Waals surface area contributed by atoms with Crippen LogP contribution in [0.15, 0.2) is 0 Å². The Bertz CT molecular complexity index is 218. The molecule has 0 aromatic heterocycles. The number of alkyl halides is 1. The summed E-state index contributed by atoms with van der Waals surface area (Å²) in [6.45, 7) is 8.42. The molecule has 0 saturated carbocycles. The van der Waals surface area contributed by atoms with E-state index < -0.39 is 5.41 Å². The van der Waals surface area contributed by atoms with Gasteiger partial charge < -0.3 is 10.2 Å². The Morgan fingerprint density at radius 3 is 2.79 bits per heavy atom. The Morgan fingerprint density at radius 2 is 2.29 bits per heavy atom. The Hall–Kier alpha value is -0.280. The van der Waals surface area contributed by atoms with Crippen LogP contribution in [-0.4, -0.2) is 42.4 Å². The standard InChI is InChI=1S/C10H19ClN2O/c1-8-6-12-4-5-13(8)9(14)10(2,3)7-11/h8,12H,4-7H2,1-3H3. The lowest BCUT2D eigenvalue weighted by atomic mass is 9.93. The van der Waals surface area contributed by atoms with Gasteiger partial charge in [-0.3, -0.25) is 4.79 Å². The van der Waals surface area contributed by atoms with Gasteiger partial charge in [0.2, 0.25) is 5.91 Å². The van der Waals surface area contributed by atoms with E-state index in [-0.39, 0.29) is 11.9 Å². The van der Waals surface area contributed by atoms with Crippen molar-refractivity contribution >= 4 is 17.5 Å². The SMILES string of the molecule is CC1CNCCN1C(=O)C(C)(C)CCl. The first-order chi connectivity index (χ1) is 6.49. The molecule has 0 radical (unpaired) electrons. The van der Waals surface area contributed by atoms with E-state index in [1.54, 1.807) is 0 Å². The molecule has 14 heavy (non-hydrogen) atoms. The molecule has 1 fully saturated rings. The fourth-order valence-corrected chi connectivity index (χ4v) is 1.70. The fraction of sp³-hybridized carbons (Fsp3) is 0.900. The highest BCUT2D eigenvalue weighted by Crippen LogP contribution is 2.22. The summed E-state index contributed by atoms with van der Waals surface area (Å²) in [5.74, 6) is 0.546. The van der Waals surface area contributed by atoms with Gasteiger partial charge in [-0.1, -0.05) is 0 Å². The van der Waals surface area contributed by atoms with Crippen molar-refractivity contribution in [3.8, 4) is 0 Å². The minimum Gasteiger partial charge on any atom is -0.337 e. The van der Waals surface area contributed by atoms with Crippen LogP contribution in [0.3, 0.4) is 0 Å². The van der Waals surface area contributed by atoms with Gasteiger partial charge >= 0.3 is 0 Å². The van der Waals surface area contributed by atoms with Gasteiger partial charge in [-0.2, -0.15) is 0 Å². The number of carbonyl (C=O) groups excluding carboxylic acids is 1. The molecule has 1 amide bonds. The van der Waals surface area contributed by atoms with Gasteiger partial charge in [0.1, 0.15) is 0 Å². The molecule has 0 bridgehead atoms. The van der Waals surface area contributed by atoms with E-state index in [0.29, 0.717) is 5.88 Å². The topological polar surface area (TPSA) is 32.3 Å². The molecule has 1 rings (SSSR count). The van der Waals surface area contributed by atoms with E-state index in [1.807, 2.05) is 18.7 Å². The second-order valence-corrected chi connectivity index (χ2v) is 4.84. The molecule has 1 aliphatic heterocycles. The highest BCUT2D eigenvalue weighted by molar-refractivity contribution is 6.19. The molecule has 1 N–H and O–H groups in total. The molecule has 0 spiro atoms. The Balaban J connectivity index is 2.67. The number of amides is 1. The van der Waals surface area contributed by atoms with Crippen LogP contribution < -0.4 is 5.32 Å². The number of hydrogen-bond acceptors (Lipinski definition) is 2. The number of carbonyl (C=O) groups is 1. The Morgan fingerprint density at radius 1 is 1.64 bits per heavy atom. The van der Waals surface area contributed by atoms with E-state index in [1.165, 1.54) is 0 Å². The summed E-state index contributed by atoms with van der Waals surface area (Å²) in [5.41, 5.74) is -0.437.